The third-order valence-electron chi connectivity index (χ3n) is 4.47. The Labute approximate surface area is 153 Å². The van der Waals surface area contributed by atoms with E-state index in [-0.39, 0.29) is 11.7 Å². The Kier molecular flexibility index (Phi) is 5.66. The molecule has 5 heteroatoms. The summed E-state index contributed by atoms with van der Waals surface area (Å²) in [6.07, 6.45) is 3.52. The topological polar surface area (TPSA) is 44.7 Å². The van der Waals surface area contributed by atoms with E-state index in [0.29, 0.717) is 11.4 Å². The van der Waals surface area contributed by atoms with E-state index in [1.807, 2.05) is 24.3 Å². The van der Waals surface area contributed by atoms with Gasteiger partial charge in [0.15, 0.2) is 0 Å². The van der Waals surface area contributed by atoms with E-state index in [4.69, 9.17) is 0 Å². The summed E-state index contributed by atoms with van der Waals surface area (Å²) in [6.45, 7) is 5.83. The average Bonchev–Trinajstić information content (AvgIpc) is 2.95. The molecule has 0 radical (unpaired) electrons. The molecule has 0 bridgehead atoms. The second kappa shape index (κ2) is 8.13. The number of aliphatic imine (C=N–C) groups is 1. The van der Waals surface area contributed by atoms with Crippen molar-refractivity contribution >= 4 is 29.2 Å². The largest absolute Gasteiger partial charge is 0.369 e. The summed E-state index contributed by atoms with van der Waals surface area (Å²) in [4.78, 5) is 18.5. The van der Waals surface area contributed by atoms with Crippen molar-refractivity contribution < 1.29 is 9.18 Å². The van der Waals surface area contributed by atoms with Crippen molar-refractivity contribution in [1.82, 2.24) is 0 Å². The van der Waals surface area contributed by atoms with Gasteiger partial charge in [-0.1, -0.05) is 32.0 Å². The van der Waals surface area contributed by atoms with Gasteiger partial charge in [0.2, 0.25) is 5.91 Å². The maximum Gasteiger partial charge on any atom is 0.237 e. The molecule has 1 N–H and O–H groups in total. The third kappa shape index (κ3) is 3.77. The fraction of sp³-hybridized carbons (Fsp3) is 0.333. The van der Waals surface area contributed by atoms with Crippen LogP contribution in [-0.2, 0) is 4.79 Å². The molecule has 2 aromatic rings. The lowest BCUT2D eigenvalue weighted by atomic mass is 10.0. The average molecular weight is 353 g/mol. The molecular weight excluding hydrogens is 329 g/mol. The number of para-hydroxylation sites is 1. The summed E-state index contributed by atoms with van der Waals surface area (Å²) in [5.74, 6) is -0.826. The second-order valence-electron chi connectivity index (χ2n) is 6.46. The molecule has 0 aliphatic carbocycles. The Morgan fingerprint density at radius 3 is 2.58 bits per heavy atom. The summed E-state index contributed by atoms with van der Waals surface area (Å²) < 4.78 is 14.6. The number of nitrogens with zero attached hydrogens (tertiary/aromatic N) is 2. The molecule has 1 amide bonds. The lowest BCUT2D eigenvalue weighted by molar-refractivity contribution is -0.115. The molecule has 3 rings (SSSR count). The van der Waals surface area contributed by atoms with E-state index in [0.717, 1.165) is 37.2 Å². The minimum Gasteiger partial charge on any atom is -0.369 e. The van der Waals surface area contributed by atoms with E-state index in [1.54, 1.807) is 18.3 Å². The highest BCUT2D eigenvalue weighted by molar-refractivity contribution is 6.12. The molecule has 0 fully saturated rings. The molecule has 26 heavy (non-hydrogen) atoms. The maximum atomic E-state index is 14.6. The van der Waals surface area contributed by atoms with Crippen LogP contribution in [0.5, 0.6) is 0 Å². The van der Waals surface area contributed by atoms with Gasteiger partial charge in [0.25, 0.3) is 0 Å². The van der Waals surface area contributed by atoms with Gasteiger partial charge in [-0.25, -0.2) is 4.39 Å². The van der Waals surface area contributed by atoms with Gasteiger partial charge in [0.05, 0.1) is 11.4 Å². The molecule has 1 heterocycles. The van der Waals surface area contributed by atoms with Crippen LogP contribution in [-0.4, -0.2) is 25.2 Å². The summed E-state index contributed by atoms with van der Waals surface area (Å²) in [5.41, 5.74) is 2.83. The number of anilines is 2. The van der Waals surface area contributed by atoms with Crippen molar-refractivity contribution in [3.8, 4) is 0 Å². The van der Waals surface area contributed by atoms with Crippen LogP contribution in [0.25, 0.3) is 0 Å². The Morgan fingerprint density at radius 2 is 1.88 bits per heavy atom. The van der Waals surface area contributed by atoms with Crippen LogP contribution >= 0.6 is 0 Å². The number of carbonyl (C=O) groups is 1. The first-order valence-corrected chi connectivity index (χ1v) is 9.12. The van der Waals surface area contributed by atoms with Gasteiger partial charge in [0.1, 0.15) is 11.7 Å². The number of rotatable bonds is 7. The number of carbonyl (C=O) groups excluding carboxylic acids is 1. The second-order valence-corrected chi connectivity index (χ2v) is 6.46. The van der Waals surface area contributed by atoms with Crippen LogP contribution in [0, 0.1) is 5.82 Å². The molecule has 0 saturated heterocycles. The molecule has 1 atom stereocenters. The highest BCUT2D eigenvalue weighted by Crippen LogP contribution is 2.32. The lowest BCUT2D eigenvalue weighted by Gasteiger charge is -2.24. The minimum atomic E-state index is -0.439. The number of hydrogen-bond acceptors (Lipinski definition) is 3. The predicted molar refractivity (Wildman–Crippen MR) is 105 cm³/mol. The van der Waals surface area contributed by atoms with E-state index < -0.39 is 5.92 Å². The molecule has 136 valence electrons. The number of hydrogen-bond donors (Lipinski definition) is 1. The quantitative estimate of drug-likeness (QED) is 0.720. The van der Waals surface area contributed by atoms with Crippen LogP contribution in [0.1, 0.15) is 38.2 Å². The number of fused-ring (bicyclic) bond motifs is 1. The van der Waals surface area contributed by atoms with E-state index >= 15 is 0 Å². The van der Waals surface area contributed by atoms with Crippen LogP contribution < -0.4 is 10.2 Å². The summed E-state index contributed by atoms with van der Waals surface area (Å²) >= 11 is 0. The summed E-state index contributed by atoms with van der Waals surface area (Å²) in [7, 11) is 0. The van der Waals surface area contributed by atoms with Crippen molar-refractivity contribution in [2.45, 2.75) is 32.6 Å². The SMILES string of the molecule is CCCN(CCC)c1ccc(N=CC2C(=O)Nc3ccccc32)cc1F. The van der Waals surface area contributed by atoms with E-state index in [9.17, 15) is 9.18 Å². The standard InChI is InChI=1S/C21H24FN3O/c1-3-11-25(12-4-2)20-10-9-15(13-18(20)22)23-14-17-16-7-5-6-8-19(16)24-21(17)26/h5-10,13-14,17H,3-4,11-12H2,1-2H3,(H,24,26). The Hall–Kier alpha value is -2.69. The van der Waals surface area contributed by atoms with Gasteiger partial charge < -0.3 is 10.2 Å². The summed E-state index contributed by atoms with van der Waals surface area (Å²) in [6, 6.07) is 12.5. The van der Waals surface area contributed by atoms with Crippen molar-refractivity contribution in [2.75, 3.05) is 23.3 Å². The van der Waals surface area contributed by atoms with Crippen molar-refractivity contribution in [2.24, 2.45) is 4.99 Å². The van der Waals surface area contributed by atoms with Gasteiger partial charge in [0, 0.05) is 31.1 Å². The normalized spacial score (nSPS) is 16.0. The molecular formula is C21H24FN3O. The lowest BCUT2D eigenvalue weighted by Crippen LogP contribution is -2.25. The van der Waals surface area contributed by atoms with Crippen LogP contribution in [0.3, 0.4) is 0 Å². The predicted octanol–water partition coefficient (Wildman–Crippen LogP) is 4.89. The van der Waals surface area contributed by atoms with Gasteiger partial charge in [-0.2, -0.15) is 0 Å². The fourth-order valence-corrected chi connectivity index (χ4v) is 3.27. The molecule has 4 nitrogen and oxygen atoms in total. The molecule has 1 unspecified atom stereocenters. The highest BCUT2D eigenvalue weighted by Gasteiger charge is 2.28. The van der Waals surface area contributed by atoms with Crippen LogP contribution in [0.15, 0.2) is 47.5 Å². The number of nitrogens with one attached hydrogen (secondary N) is 1. The molecule has 0 saturated carbocycles. The zero-order chi connectivity index (χ0) is 18.5. The van der Waals surface area contributed by atoms with Gasteiger partial charge in [-0.3, -0.25) is 9.79 Å². The Balaban J connectivity index is 1.80. The monoisotopic (exact) mass is 353 g/mol. The van der Waals surface area contributed by atoms with Gasteiger partial charge in [-0.05, 0) is 36.6 Å². The van der Waals surface area contributed by atoms with E-state index in [2.05, 4.69) is 29.1 Å². The third-order valence-corrected chi connectivity index (χ3v) is 4.47. The van der Waals surface area contributed by atoms with E-state index in [1.165, 1.54) is 6.07 Å². The van der Waals surface area contributed by atoms with Crippen molar-refractivity contribution in [1.29, 1.82) is 0 Å². The summed E-state index contributed by atoms with van der Waals surface area (Å²) in [5, 5.41) is 2.84. The first kappa shape index (κ1) is 18.1. The smallest absolute Gasteiger partial charge is 0.237 e. The minimum absolute atomic E-state index is 0.107. The zero-order valence-electron chi connectivity index (χ0n) is 15.2. The number of halogens is 1. The van der Waals surface area contributed by atoms with Crippen LogP contribution in [0.4, 0.5) is 21.5 Å². The van der Waals surface area contributed by atoms with Gasteiger partial charge >= 0.3 is 0 Å². The fourth-order valence-electron chi connectivity index (χ4n) is 3.27. The Bertz CT molecular complexity index is 813. The van der Waals surface area contributed by atoms with Gasteiger partial charge in [-0.15, -0.1) is 0 Å². The Morgan fingerprint density at radius 1 is 1.15 bits per heavy atom. The molecule has 0 spiro atoms. The molecule has 1 aliphatic heterocycles. The molecule has 0 aromatic heterocycles. The molecule has 2 aromatic carbocycles. The van der Waals surface area contributed by atoms with Crippen molar-refractivity contribution in [3.63, 3.8) is 0 Å². The van der Waals surface area contributed by atoms with Crippen molar-refractivity contribution in [3.05, 3.63) is 53.8 Å². The maximum absolute atomic E-state index is 14.6. The number of benzene rings is 2. The number of amides is 1. The molecule has 1 aliphatic rings. The first-order chi connectivity index (χ1) is 12.6. The highest BCUT2D eigenvalue weighted by atomic mass is 19.1. The zero-order valence-corrected chi connectivity index (χ0v) is 15.2. The first-order valence-electron chi connectivity index (χ1n) is 9.12. The van der Waals surface area contributed by atoms with Crippen LogP contribution in [0.2, 0.25) is 0 Å².